The highest BCUT2D eigenvalue weighted by molar-refractivity contribution is 5.78. The number of rotatable bonds is 9. The molecule has 2 heterocycles. The lowest BCUT2D eigenvalue weighted by Gasteiger charge is -2.41. The summed E-state index contributed by atoms with van der Waals surface area (Å²) in [7, 11) is 0. The normalized spacial score (nSPS) is 21.4. The lowest BCUT2D eigenvalue weighted by Crippen LogP contribution is -2.48. The Morgan fingerprint density at radius 1 is 1.14 bits per heavy atom. The zero-order valence-electron chi connectivity index (χ0n) is 18.6. The Morgan fingerprint density at radius 2 is 1.93 bits per heavy atom. The summed E-state index contributed by atoms with van der Waals surface area (Å²) in [5.74, 6) is 0.843. The van der Waals surface area contributed by atoms with Gasteiger partial charge in [0.25, 0.3) is 0 Å². The van der Waals surface area contributed by atoms with Gasteiger partial charge in [-0.25, -0.2) is 0 Å². The standard InChI is InChI=1S/C24H40N4O/c1-3-26(4-2)20-24(29)28(17-21-10-8-14-25-16-21)19-22-11-9-15-27(18-22)23-12-6-5-7-13-23/h8,10,14,16,22-23H,3-7,9,11-13,15,17-20H2,1-2H3/t22-/m0/s1. The van der Waals surface area contributed by atoms with Crippen molar-refractivity contribution in [2.45, 2.75) is 71.4 Å². The Hall–Kier alpha value is -1.46. The molecule has 2 fully saturated rings. The molecule has 0 unspecified atom stereocenters. The lowest BCUT2D eigenvalue weighted by atomic mass is 9.90. The van der Waals surface area contributed by atoms with Crippen LogP contribution < -0.4 is 0 Å². The summed E-state index contributed by atoms with van der Waals surface area (Å²) in [5, 5.41) is 0. The molecule has 1 amide bonds. The Morgan fingerprint density at radius 3 is 2.62 bits per heavy atom. The van der Waals surface area contributed by atoms with E-state index in [-0.39, 0.29) is 5.91 Å². The topological polar surface area (TPSA) is 39.7 Å². The molecule has 1 aromatic rings. The van der Waals surface area contributed by atoms with Crippen LogP contribution in [0, 0.1) is 5.92 Å². The van der Waals surface area contributed by atoms with E-state index in [4.69, 9.17) is 0 Å². The number of carbonyl (C=O) groups excluding carboxylic acids is 1. The molecular formula is C24H40N4O. The number of pyridine rings is 1. The van der Waals surface area contributed by atoms with Gasteiger partial charge in [-0.05, 0) is 62.9 Å². The van der Waals surface area contributed by atoms with Crippen molar-refractivity contribution in [2.24, 2.45) is 5.92 Å². The van der Waals surface area contributed by atoms with E-state index in [1.165, 1.54) is 51.5 Å². The predicted octanol–water partition coefficient (Wildman–Crippen LogP) is 3.80. The fourth-order valence-electron chi connectivity index (χ4n) is 5.04. The molecule has 29 heavy (non-hydrogen) atoms. The van der Waals surface area contributed by atoms with Crippen LogP contribution in [0.25, 0.3) is 0 Å². The van der Waals surface area contributed by atoms with Crippen molar-refractivity contribution in [2.75, 3.05) is 39.3 Å². The zero-order valence-corrected chi connectivity index (χ0v) is 18.6. The van der Waals surface area contributed by atoms with Crippen molar-refractivity contribution in [3.8, 4) is 0 Å². The molecule has 1 aromatic heterocycles. The molecule has 3 rings (SSSR count). The molecule has 162 valence electrons. The molecule has 2 aliphatic rings. The molecule has 1 saturated heterocycles. The summed E-state index contributed by atoms with van der Waals surface area (Å²) in [4.78, 5) is 24.5. The Labute approximate surface area is 177 Å². The largest absolute Gasteiger partial charge is 0.337 e. The average molecular weight is 401 g/mol. The summed E-state index contributed by atoms with van der Waals surface area (Å²) in [6, 6.07) is 4.83. The number of nitrogens with zero attached hydrogens (tertiary/aromatic N) is 4. The van der Waals surface area contributed by atoms with E-state index >= 15 is 0 Å². The third-order valence-electron chi connectivity index (χ3n) is 6.82. The molecule has 1 aliphatic carbocycles. The van der Waals surface area contributed by atoms with Crippen LogP contribution in [0.15, 0.2) is 24.5 Å². The predicted molar refractivity (Wildman–Crippen MR) is 119 cm³/mol. The highest BCUT2D eigenvalue weighted by atomic mass is 16.2. The van der Waals surface area contributed by atoms with Crippen LogP contribution in [0.2, 0.25) is 0 Å². The monoisotopic (exact) mass is 400 g/mol. The second-order valence-corrected chi connectivity index (χ2v) is 8.89. The number of likely N-dealkylation sites (tertiary alicyclic amines) is 1. The van der Waals surface area contributed by atoms with Crippen molar-refractivity contribution >= 4 is 5.91 Å². The van der Waals surface area contributed by atoms with Crippen LogP contribution >= 0.6 is 0 Å². The van der Waals surface area contributed by atoms with Gasteiger partial charge in [0.1, 0.15) is 0 Å². The van der Waals surface area contributed by atoms with Gasteiger partial charge >= 0.3 is 0 Å². The first-order valence-corrected chi connectivity index (χ1v) is 11.8. The van der Waals surface area contributed by atoms with Gasteiger partial charge in [-0.15, -0.1) is 0 Å². The Balaban J connectivity index is 1.63. The highest BCUT2D eigenvalue weighted by Gasteiger charge is 2.29. The zero-order chi connectivity index (χ0) is 20.5. The minimum Gasteiger partial charge on any atom is -0.337 e. The van der Waals surface area contributed by atoms with E-state index < -0.39 is 0 Å². The molecule has 0 aromatic carbocycles. The van der Waals surface area contributed by atoms with Gasteiger partial charge in [-0.2, -0.15) is 0 Å². The van der Waals surface area contributed by atoms with E-state index in [2.05, 4.69) is 39.6 Å². The summed E-state index contributed by atoms with van der Waals surface area (Å²) < 4.78 is 0. The van der Waals surface area contributed by atoms with Crippen LogP contribution in [-0.4, -0.2) is 70.9 Å². The fraction of sp³-hybridized carbons (Fsp3) is 0.750. The minimum absolute atomic E-state index is 0.257. The molecule has 1 aliphatic heterocycles. The summed E-state index contributed by atoms with van der Waals surface area (Å²) >= 11 is 0. The molecule has 0 bridgehead atoms. The van der Waals surface area contributed by atoms with Crippen LogP contribution in [0.4, 0.5) is 0 Å². The first kappa shape index (κ1) is 22.2. The van der Waals surface area contributed by atoms with E-state index in [1.807, 2.05) is 12.3 Å². The molecular weight excluding hydrogens is 360 g/mol. The van der Waals surface area contributed by atoms with Crippen LogP contribution in [0.1, 0.15) is 64.4 Å². The number of piperidine rings is 1. The van der Waals surface area contributed by atoms with Gasteiger partial charge in [0.2, 0.25) is 5.91 Å². The smallest absolute Gasteiger partial charge is 0.237 e. The van der Waals surface area contributed by atoms with E-state index in [0.29, 0.717) is 19.0 Å². The van der Waals surface area contributed by atoms with Gasteiger partial charge in [0.05, 0.1) is 6.54 Å². The summed E-state index contributed by atoms with van der Waals surface area (Å²) in [6.45, 7) is 10.6. The molecule has 1 atom stereocenters. The van der Waals surface area contributed by atoms with Gasteiger partial charge < -0.3 is 9.80 Å². The maximum atomic E-state index is 13.2. The molecule has 1 saturated carbocycles. The van der Waals surface area contributed by atoms with Crippen LogP contribution in [-0.2, 0) is 11.3 Å². The summed E-state index contributed by atoms with van der Waals surface area (Å²) in [5.41, 5.74) is 1.13. The van der Waals surface area contributed by atoms with Gasteiger partial charge in [-0.3, -0.25) is 14.7 Å². The minimum atomic E-state index is 0.257. The van der Waals surface area contributed by atoms with Gasteiger partial charge in [0.15, 0.2) is 0 Å². The number of hydrogen-bond donors (Lipinski definition) is 0. The maximum absolute atomic E-state index is 13.2. The lowest BCUT2D eigenvalue weighted by molar-refractivity contribution is -0.134. The third kappa shape index (κ3) is 6.78. The van der Waals surface area contributed by atoms with Crippen molar-refractivity contribution in [1.29, 1.82) is 0 Å². The SMILES string of the molecule is CCN(CC)CC(=O)N(Cc1cccnc1)C[C@H]1CCCN(C2CCCCC2)C1. The number of amides is 1. The second kappa shape index (κ2) is 11.7. The molecule has 0 N–H and O–H groups in total. The van der Waals surface area contributed by atoms with Crippen molar-refractivity contribution in [3.05, 3.63) is 30.1 Å². The Kier molecular flexibility index (Phi) is 8.93. The fourth-order valence-corrected chi connectivity index (χ4v) is 5.04. The van der Waals surface area contributed by atoms with E-state index in [1.54, 1.807) is 6.20 Å². The quantitative estimate of drug-likeness (QED) is 0.632. The van der Waals surface area contributed by atoms with Crippen molar-refractivity contribution in [3.63, 3.8) is 0 Å². The first-order chi connectivity index (χ1) is 14.2. The molecule has 5 heteroatoms. The van der Waals surface area contributed by atoms with Crippen molar-refractivity contribution in [1.82, 2.24) is 19.7 Å². The Bertz CT molecular complexity index is 598. The maximum Gasteiger partial charge on any atom is 0.237 e. The van der Waals surface area contributed by atoms with Gasteiger partial charge in [-0.1, -0.05) is 39.2 Å². The van der Waals surface area contributed by atoms with Crippen LogP contribution in [0.5, 0.6) is 0 Å². The first-order valence-electron chi connectivity index (χ1n) is 11.8. The average Bonchev–Trinajstić information content (AvgIpc) is 2.78. The van der Waals surface area contributed by atoms with Gasteiger partial charge in [0, 0.05) is 38.1 Å². The highest BCUT2D eigenvalue weighted by Crippen LogP contribution is 2.27. The molecule has 0 spiro atoms. The molecule has 5 nitrogen and oxygen atoms in total. The summed E-state index contributed by atoms with van der Waals surface area (Å²) in [6.07, 6.45) is 13.1. The third-order valence-corrected chi connectivity index (χ3v) is 6.82. The number of carbonyl (C=O) groups is 1. The number of likely N-dealkylation sites (N-methyl/N-ethyl adjacent to an activating group) is 1. The number of hydrogen-bond acceptors (Lipinski definition) is 4. The van der Waals surface area contributed by atoms with E-state index in [0.717, 1.165) is 37.8 Å². The second-order valence-electron chi connectivity index (χ2n) is 8.89. The van der Waals surface area contributed by atoms with Crippen molar-refractivity contribution < 1.29 is 4.79 Å². The van der Waals surface area contributed by atoms with Crippen LogP contribution in [0.3, 0.4) is 0 Å². The number of aromatic nitrogens is 1. The molecule has 0 radical (unpaired) electrons. The van der Waals surface area contributed by atoms with E-state index in [9.17, 15) is 4.79 Å².